The van der Waals surface area contributed by atoms with Crippen molar-refractivity contribution in [1.82, 2.24) is 4.90 Å². The molecule has 0 bridgehead atoms. The Kier molecular flexibility index (Phi) is 2.71. The van der Waals surface area contributed by atoms with Crippen LogP contribution in [0.15, 0.2) is 17.5 Å². The van der Waals surface area contributed by atoms with Crippen molar-refractivity contribution in [1.29, 1.82) is 0 Å². The third-order valence-corrected chi connectivity index (χ3v) is 4.85. The number of hydrogen-bond donors (Lipinski definition) is 0. The van der Waals surface area contributed by atoms with Crippen molar-refractivity contribution in [3.8, 4) is 0 Å². The lowest BCUT2D eigenvalue weighted by atomic mass is 9.96. The highest BCUT2D eigenvalue weighted by atomic mass is 32.1. The highest BCUT2D eigenvalue weighted by molar-refractivity contribution is 7.10. The Morgan fingerprint density at radius 2 is 2.47 bits per heavy atom. The molecule has 1 amide bonds. The summed E-state index contributed by atoms with van der Waals surface area (Å²) >= 11 is 1.75. The van der Waals surface area contributed by atoms with Crippen LogP contribution in [0.1, 0.15) is 30.2 Å². The molecular formula is C13H17NO2S. The maximum absolute atomic E-state index is 12.5. The van der Waals surface area contributed by atoms with Crippen LogP contribution in [-0.4, -0.2) is 31.1 Å². The second-order valence-electron chi connectivity index (χ2n) is 5.03. The monoisotopic (exact) mass is 251 g/mol. The number of rotatable bonds is 4. The lowest BCUT2D eigenvalue weighted by Gasteiger charge is -2.42. The normalized spacial score (nSPS) is 25.5. The van der Waals surface area contributed by atoms with Gasteiger partial charge in [-0.15, -0.1) is 11.3 Å². The van der Waals surface area contributed by atoms with Crippen LogP contribution in [0.5, 0.6) is 0 Å². The summed E-state index contributed by atoms with van der Waals surface area (Å²) in [5.41, 5.74) is -0.176. The molecule has 2 aliphatic rings. The Balaban J connectivity index is 1.71. The molecule has 1 saturated carbocycles. The SMILES string of the molecule is COCC1(C(=O)N2CC[C@@H]2c2cccs2)CC1. The van der Waals surface area contributed by atoms with E-state index >= 15 is 0 Å². The molecule has 2 heterocycles. The average molecular weight is 251 g/mol. The van der Waals surface area contributed by atoms with Crippen molar-refractivity contribution in [3.05, 3.63) is 22.4 Å². The summed E-state index contributed by atoms with van der Waals surface area (Å²) in [4.78, 5) is 15.8. The first-order chi connectivity index (χ1) is 8.27. The summed E-state index contributed by atoms with van der Waals surface area (Å²) in [6.45, 7) is 1.49. The van der Waals surface area contributed by atoms with E-state index in [1.165, 1.54) is 4.88 Å². The summed E-state index contributed by atoms with van der Waals surface area (Å²) in [5.74, 6) is 0.309. The van der Waals surface area contributed by atoms with Crippen molar-refractivity contribution in [3.63, 3.8) is 0 Å². The number of thiophene rings is 1. The summed E-state index contributed by atoms with van der Waals surface area (Å²) < 4.78 is 5.19. The van der Waals surface area contributed by atoms with E-state index in [-0.39, 0.29) is 5.41 Å². The van der Waals surface area contributed by atoms with Crippen LogP contribution < -0.4 is 0 Å². The van der Waals surface area contributed by atoms with Crippen LogP contribution in [0, 0.1) is 5.41 Å². The fraction of sp³-hybridized carbons (Fsp3) is 0.615. The Hall–Kier alpha value is -0.870. The van der Waals surface area contributed by atoms with Crippen molar-refractivity contribution < 1.29 is 9.53 Å². The van der Waals surface area contributed by atoms with Crippen LogP contribution in [0.25, 0.3) is 0 Å². The number of carbonyl (C=O) groups is 1. The first-order valence-electron chi connectivity index (χ1n) is 6.10. The Morgan fingerprint density at radius 3 is 2.94 bits per heavy atom. The van der Waals surface area contributed by atoms with E-state index in [4.69, 9.17) is 4.74 Å². The fourth-order valence-corrected chi connectivity index (χ4v) is 3.43. The predicted octanol–water partition coefficient (Wildman–Crippen LogP) is 2.45. The van der Waals surface area contributed by atoms with Gasteiger partial charge in [0.15, 0.2) is 0 Å². The third kappa shape index (κ3) is 1.79. The first kappa shape index (κ1) is 11.2. The molecule has 0 unspecified atom stereocenters. The largest absolute Gasteiger partial charge is 0.384 e. The zero-order chi connectivity index (χ0) is 11.9. The van der Waals surface area contributed by atoms with E-state index in [0.717, 1.165) is 25.8 Å². The predicted molar refractivity (Wildman–Crippen MR) is 66.9 cm³/mol. The lowest BCUT2D eigenvalue weighted by molar-refractivity contribution is -0.147. The zero-order valence-electron chi connectivity index (χ0n) is 10.0. The van der Waals surface area contributed by atoms with Crippen molar-refractivity contribution in [2.24, 2.45) is 5.41 Å². The number of ether oxygens (including phenoxy) is 1. The lowest BCUT2D eigenvalue weighted by Crippen LogP contribution is -2.49. The molecule has 3 nitrogen and oxygen atoms in total. The van der Waals surface area contributed by atoms with Gasteiger partial charge in [0.2, 0.25) is 5.91 Å². The van der Waals surface area contributed by atoms with Gasteiger partial charge in [0, 0.05) is 18.5 Å². The average Bonchev–Trinajstić information content (AvgIpc) is 2.86. The molecule has 0 N–H and O–H groups in total. The third-order valence-electron chi connectivity index (χ3n) is 3.88. The number of methoxy groups -OCH3 is 1. The van der Waals surface area contributed by atoms with E-state index < -0.39 is 0 Å². The Morgan fingerprint density at radius 1 is 1.65 bits per heavy atom. The summed E-state index contributed by atoms with van der Waals surface area (Å²) in [5, 5.41) is 2.08. The minimum absolute atomic E-state index is 0.176. The molecule has 4 heteroatoms. The van der Waals surface area contributed by atoms with Gasteiger partial charge in [-0.1, -0.05) is 6.07 Å². The molecule has 1 aliphatic heterocycles. The molecule has 1 saturated heterocycles. The van der Waals surface area contributed by atoms with Gasteiger partial charge < -0.3 is 9.64 Å². The first-order valence-corrected chi connectivity index (χ1v) is 6.98. The van der Waals surface area contributed by atoms with Crippen molar-refractivity contribution >= 4 is 17.2 Å². The van der Waals surface area contributed by atoms with E-state index in [1.807, 2.05) is 4.90 Å². The van der Waals surface area contributed by atoms with Crippen LogP contribution >= 0.6 is 11.3 Å². The van der Waals surface area contributed by atoms with E-state index in [0.29, 0.717) is 18.6 Å². The number of amides is 1. The number of likely N-dealkylation sites (tertiary alicyclic amines) is 1. The highest BCUT2D eigenvalue weighted by Crippen LogP contribution is 2.50. The van der Waals surface area contributed by atoms with Gasteiger partial charge >= 0.3 is 0 Å². The summed E-state index contributed by atoms with van der Waals surface area (Å²) in [6.07, 6.45) is 3.09. The second kappa shape index (κ2) is 4.10. The van der Waals surface area contributed by atoms with Gasteiger partial charge in [-0.05, 0) is 30.7 Å². The molecule has 1 aromatic rings. The van der Waals surface area contributed by atoms with Crippen LogP contribution in [0.4, 0.5) is 0 Å². The van der Waals surface area contributed by atoms with Crippen molar-refractivity contribution in [2.45, 2.75) is 25.3 Å². The zero-order valence-corrected chi connectivity index (χ0v) is 10.8. The molecule has 1 aromatic heterocycles. The van der Waals surface area contributed by atoms with Gasteiger partial charge in [-0.25, -0.2) is 0 Å². The Labute approximate surface area is 105 Å². The van der Waals surface area contributed by atoms with Gasteiger partial charge in [0.05, 0.1) is 18.1 Å². The fourth-order valence-electron chi connectivity index (χ4n) is 2.56. The topological polar surface area (TPSA) is 29.5 Å². The van der Waals surface area contributed by atoms with E-state index in [9.17, 15) is 4.79 Å². The molecule has 1 aliphatic carbocycles. The van der Waals surface area contributed by atoms with E-state index in [1.54, 1.807) is 18.4 Å². The van der Waals surface area contributed by atoms with Crippen LogP contribution in [0.3, 0.4) is 0 Å². The van der Waals surface area contributed by atoms with E-state index in [2.05, 4.69) is 17.5 Å². The van der Waals surface area contributed by atoms with Gasteiger partial charge in [-0.2, -0.15) is 0 Å². The molecule has 0 radical (unpaired) electrons. The number of hydrogen-bond acceptors (Lipinski definition) is 3. The smallest absolute Gasteiger partial charge is 0.231 e. The molecule has 2 fully saturated rings. The minimum atomic E-state index is -0.176. The minimum Gasteiger partial charge on any atom is -0.384 e. The number of nitrogens with zero attached hydrogens (tertiary/aromatic N) is 1. The molecule has 3 rings (SSSR count). The maximum Gasteiger partial charge on any atom is 0.231 e. The molecular weight excluding hydrogens is 234 g/mol. The maximum atomic E-state index is 12.5. The number of carbonyl (C=O) groups excluding carboxylic acids is 1. The standard InChI is InChI=1S/C13H17NO2S/c1-16-9-13(5-6-13)12(15)14-7-4-10(14)11-3-2-8-17-11/h2-3,8,10H,4-7,9H2,1H3/t10-/m1/s1. The molecule has 92 valence electrons. The molecule has 0 aromatic carbocycles. The molecule has 17 heavy (non-hydrogen) atoms. The highest BCUT2D eigenvalue weighted by Gasteiger charge is 2.54. The summed E-state index contributed by atoms with van der Waals surface area (Å²) in [7, 11) is 1.68. The van der Waals surface area contributed by atoms with Gasteiger partial charge in [0.1, 0.15) is 0 Å². The second-order valence-corrected chi connectivity index (χ2v) is 6.01. The Bertz CT molecular complexity index is 411. The van der Waals surface area contributed by atoms with Gasteiger partial charge in [-0.3, -0.25) is 4.79 Å². The van der Waals surface area contributed by atoms with Crippen molar-refractivity contribution in [2.75, 3.05) is 20.3 Å². The van der Waals surface area contributed by atoms with Gasteiger partial charge in [0.25, 0.3) is 0 Å². The van der Waals surface area contributed by atoms with Crippen LogP contribution in [0.2, 0.25) is 0 Å². The molecule has 0 spiro atoms. The quantitative estimate of drug-likeness (QED) is 0.822. The van der Waals surface area contributed by atoms with Crippen LogP contribution in [-0.2, 0) is 9.53 Å². The summed E-state index contributed by atoms with van der Waals surface area (Å²) in [6, 6.07) is 4.52. The molecule has 1 atom stereocenters.